The zero-order valence-corrected chi connectivity index (χ0v) is 22.6. The first-order valence-corrected chi connectivity index (χ1v) is 13.8. The zero-order chi connectivity index (χ0) is 26.1. The third-order valence-electron chi connectivity index (χ3n) is 8.41. The predicted molar refractivity (Wildman–Crippen MR) is 147 cm³/mol. The van der Waals surface area contributed by atoms with Crippen LogP contribution in [-0.4, -0.2) is 70.6 Å². The SMILES string of the molecule is Cc1cncc2c1c(C[C@@H]1CCN(C3CCCNCC3)C1)cn2-c1ccc(F)cc1C(=O)N(C)C(C)C. The first kappa shape index (κ1) is 25.9. The summed E-state index contributed by atoms with van der Waals surface area (Å²) in [6.45, 7) is 10.6. The van der Waals surface area contributed by atoms with Crippen molar-refractivity contribution in [3.8, 4) is 5.69 Å². The summed E-state index contributed by atoms with van der Waals surface area (Å²) in [5.41, 5.74) is 4.44. The van der Waals surface area contributed by atoms with Crippen LogP contribution < -0.4 is 5.32 Å². The molecule has 7 heteroatoms. The Hall–Kier alpha value is -2.77. The Kier molecular flexibility index (Phi) is 7.63. The maximum atomic E-state index is 14.4. The number of halogens is 1. The third-order valence-corrected chi connectivity index (χ3v) is 8.41. The summed E-state index contributed by atoms with van der Waals surface area (Å²) in [4.78, 5) is 22.2. The second-order valence-corrected chi connectivity index (χ2v) is 11.2. The molecular formula is C30H40FN5O. The van der Waals surface area contributed by atoms with E-state index in [0.29, 0.717) is 23.2 Å². The van der Waals surface area contributed by atoms with Gasteiger partial charge < -0.3 is 19.7 Å². The zero-order valence-electron chi connectivity index (χ0n) is 22.6. The van der Waals surface area contributed by atoms with Gasteiger partial charge in [0.15, 0.2) is 0 Å². The van der Waals surface area contributed by atoms with Crippen LogP contribution in [0, 0.1) is 18.7 Å². The fourth-order valence-electron chi connectivity index (χ4n) is 6.15. The normalized spacial score (nSPS) is 21.0. The third kappa shape index (κ3) is 5.30. The van der Waals surface area contributed by atoms with Crippen LogP contribution in [0.25, 0.3) is 16.6 Å². The van der Waals surface area contributed by atoms with Gasteiger partial charge in [0.2, 0.25) is 0 Å². The van der Waals surface area contributed by atoms with Crippen LogP contribution in [0.1, 0.15) is 61.0 Å². The quantitative estimate of drug-likeness (QED) is 0.515. The minimum Gasteiger partial charge on any atom is -0.339 e. The van der Waals surface area contributed by atoms with E-state index in [-0.39, 0.29) is 11.9 Å². The Morgan fingerprint density at radius 3 is 2.86 bits per heavy atom. The number of carbonyl (C=O) groups is 1. The molecule has 0 saturated carbocycles. The van der Waals surface area contributed by atoms with Crippen LogP contribution in [0.3, 0.4) is 0 Å². The van der Waals surface area contributed by atoms with Crippen LogP contribution in [0.2, 0.25) is 0 Å². The maximum absolute atomic E-state index is 14.4. The number of fused-ring (bicyclic) bond motifs is 1. The first-order chi connectivity index (χ1) is 17.8. The number of aryl methyl sites for hydroxylation is 1. The average Bonchev–Trinajstić information content (AvgIpc) is 3.39. The van der Waals surface area contributed by atoms with Gasteiger partial charge in [-0.15, -0.1) is 0 Å². The second-order valence-electron chi connectivity index (χ2n) is 11.2. The number of rotatable bonds is 6. The molecule has 0 aliphatic carbocycles. The molecule has 1 N–H and O–H groups in total. The van der Waals surface area contributed by atoms with Crippen molar-refractivity contribution in [2.24, 2.45) is 5.92 Å². The Bertz CT molecular complexity index is 1260. The van der Waals surface area contributed by atoms with E-state index < -0.39 is 5.82 Å². The van der Waals surface area contributed by atoms with Gasteiger partial charge in [0.05, 0.1) is 23.0 Å². The van der Waals surface area contributed by atoms with E-state index in [1.54, 1.807) is 18.0 Å². The van der Waals surface area contributed by atoms with E-state index in [1.807, 2.05) is 26.2 Å². The molecule has 3 aromatic rings. The number of hydrogen-bond donors (Lipinski definition) is 1. The molecule has 1 unspecified atom stereocenters. The minimum absolute atomic E-state index is 0.0130. The van der Waals surface area contributed by atoms with Crippen molar-refractivity contribution in [1.29, 1.82) is 0 Å². The summed E-state index contributed by atoms with van der Waals surface area (Å²) in [6.07, 6.45) is 11.9. The molecule has 2 aliphatic heterocycles. The monoisotopic (exact) mass is 505 g/mol. The highest BCUT2D eigenvalue weighted by molar-refractivity contribution is 5.99. The Labute approximate surface area is 219 Å². The molecule has 1 aromatic carbocycles. The van der Waals surface area contributed by atoms with Gasteiger partial charge in [-0.05, 0) is 108 Å². The highest BCUT2D eigenvalue weighted by Crippen LogP contribution is 2.33. The summed E-state index contributed by atoms with van der Waals surface area (Å²) in [5.74, 6) is 0.0112. The number of likely N-dealkylation sites (tertiary alicyclic amines) is 1. The summed E-state index contributed by atoms with van der Waals surface area (Å²) < 4.78 is 16.4. The molecule has 2 aliphatic rings. The van der Waals surface area contributed by atoms with E-state index in [9.17, 15) is 9.18 Å². The molecule has 0 bridgehead atoms. The lowest BCUT2D eigenvalue weighted by molar-refractivity contribution is 0.0754. The predicted octanol–water partition coefficient (Wildman–Crippen LogP) is 4.96. The molecule has 5 rings (SSSR count). The lowest BCUT2D eigenvalue weighted by atomic mass is 9.97. The van der Waals surface area contributed by atoms with Crippen molar-refractivity contribution in [3.63, 3.8) is 0 Å². The number of amides is 1. The standard InChI is InChI=1S/C30H40FN5O/c1-20(2)34(4)30(37)26-15-24(31)7-8-27(26)36-19-23(29-21(3)16-33-17-28(29)36)14-22-10-13-35(18-22)25-6-5-11-32-12-9-25/h7-8,15-17,19-20,22,25,32H,5-6,9-14,18H2,1-4H3/t22-,25?/m0/s1. The van der Waals surface area contributed by atoms with E-state index in [2.05, 4.69) is 32.9 Å². The van der Waals surface area contributed by atoms with Crippen molar-refractivity contribution in [2.45, 2.75) is 65.0 Å². The van der Waals surface area contributed by atoms with E-state index in [4.69, 9.17) is 0 Å². The van der Waals surface area contributed by atoms with Crippen molar-refractivity contribution < 1.29 is 9.18 Å². The van der Waals surface area contributed by atoms with E-state index >= 15 is 0 Å². The minimum atomic E-state index is -0.407. The number of aromatic nitrogens is 2. The van der Waals surface area contributed by atoms with Gasteiger partial charge >= 0.3 is 0 Å². The van der Waals surface area contributed by atoms with Gasteiger partial charge in [-0.25, -0.2) is 4.39 Å². The van der Waals surface area contributed by atoms with Crippen molar-refractivity contribution in [2.75, 3.05) is 33.2 Å². The van der Waals surface area contributed by atoms with Crippen LogP contribution in [0.4, 0.5) is 4.39 Å². The fourth-order valence-corrected chi connectivity index (χ4v) is 6.15. The molecule has 2 fully saturated rings. The molecule has 2 aromatic heterocycles. The largest absolute Gasteiger partial charge is 0.339 e. The first-order valence-electron chi connectivity index (χ1n) is 13.8. The average molecular weight is 506 g/mol. The van der Waals surface area contributed by atoms with Crippen LogP contribution >= 0.6 is 0 Å². The lowest BCUT2D eigenvalue weighted by Crippen LogP contribution is -2.34. The topological polar surface area (TPSA) is 53.4 Å². The van der Waals surface area contributed by atoms with Crippen LogP contribution in [-0.2, 0) is 6.42 Å². The van der Waals surface area contributed by atoms with Gasteiger partial charge in [0.1, 0.15) is 5.82 Å². The number of benzene rings is 1. The molecule has 198 valence electrons. The van der Waals surface area contributed by atoms with E-state index in [0.717, 1.165) is 37.1 Å². The molecule has 37 heavy (non-hydrogen) atoms. The summed E-state index contributed by atoms with van der Waals surface area (Å²) in [7, 11) is 1.77. The number of carbonyl (C=O) groups excluding carboxylic acids is 1. The van der Waals surface area contributed by atoms with Crippen LogP contribution in [0.15, 0.2) is 36.8 Å². The van der Waals surface area contributed by atoms with Crippen molar-refractivity contribution >= 4 is 16.8 Å². The Morgan fingerprint density at radius 1 is 1.22 bits per heavy atom. The summed E-state index contributed by atoms with van der Waals surface area (Å²) in [6, 6.07) is 5.23. The van der Waals surface area contributed by atoms with Crippen molar-refractivity contribution in [3.05, 3.63) is 59.3 Å². The Balaban J connectivity index is 1.48. The molecule has 6 nitrogen and oxygen atoms in total. The van der Waals surface area contributed by atoms with Gasteiger partial charge in [-0.2, -0.15) is 0 Å². The highest BCUT2D eigenvalue weighted by atomic mass is 19.1. The molecule has 2 saturated heterocycles. The number of hydrogen-bond acceptors (Lipinski definition) is 4. The molecule has 1 amide bonds. The molecular weight excluding hydrogens is 465 g/mol. The van der Waals surface area contributed by atoms with Gasteiger partial charge in [0.25, 0.3) is 5.91 Å². The van der Waals surface area contributed by atoms with Gasteiger partial charge in [0, 0.05) is 43.5 Å². The van der Waals surface area contributed by atoms with Gasteiger partial charge in [-0.1, -0.05) is 0 Å². The number of pyridine rings is 1. The van der Waals surface area contributed by atoms with Crippen LogP contribution in [0.5, 0.6) is 0 Å². The fraction of sp³-hybridized carbons (Fsp3) is 0.533. The highest BCUT2D eigenvalue weighted by Gasteiger charge is 2.30. The van der Waals surface area contributed by atoms with E-state index in [1.165, 1.54) is 55.3 Å². The number of nitrogens with one attached hydrogen (secondary N) is 1. The smallest absolute Gasteiger partial charge is 0.256 e. The Morgan fingerprint density at radius 2 is 2.05 bits per heavy atom. The molecule has 2 atom stereocenters. The van der Waals surface area contributed by atoms with Gasteiger partial charge in [-0.3, -0.25) is 9.78 Å². The second kappa shape index (κ2) is 10.9. The molecule has 0 radical (unpaired) electrons. The lowest BCUT2D eigenvalue weighted by Gasteiger charge is -2.26. The van der Waals surface area contributed by atoms with Crippen molar-refractivity contribution in [1.82, 2.24) is 24.7 Å². The summed E-state index contributed by atoms with van der Waals surface area (Å²) >= 11 is 0. The molecule has 4 heterocycles. The molecule has 0 spiro atoms. The summed E-state index contributed by atoms with van der Waals surface area (Å²) in [5, 5.41) is 4.74. The number of nitrogens with zero attached hydrogens (tertiary/aromatic N) is 4. The maximum Gasteiger partial charge on any atom is 0.256 e.